The molecular weight excluding hydrogens is 267 g/mol. The fraction of sp³-hybridized carbons (Fsp3) is 0.333. The molecule has 0 amide bonds. The molecule has 0 bridgehead atoms. The Hall–Kier alpha value is -1.12. The number of hydrogen-bond acceptors (Lipinski definition) is 2. The molecule has 1 aliphatic heterocycles. The first-order chi connectivity index (χ1) is 7.86. The molecule has 82 valence electrons. The second-order valence-corrected chi connectivity index (χ2v) is 6.09. The summed E-state index contributed by atoms with van der Waals surface area (Å²) in [5.41, 5.74) is 0.166. The standard InChI is InChI=1S/C12H12N2OSe/c15-12-9-5-1-2-6-10(9)16-14(12)11-7-3-4-8-13-11/h1-2,5-6,8,11H,3-4,7H2. The molecule has 0 aliphatic carbocycles. The van der Waals surface area contributed by atoms with E-state index in [-0.39, 0.29) is 26.5 Å². The molecule has 1 atom stereocenters. The maximum atomic E-state index is 12.2. The van der Waals surface area contributed by atoms with Gasteiger partial charge in [-0.05, 0) is 0 Å². The fourth-order valence-electron chi connectivity index (χ4n) is 2.03. The minimum absolute atomic E-state index is 0.0913. The summed E-state index contributed by atoms with van der Waals surface area (Å²) in [7, 11) is 0. The van der Waals surface area contributed by atoms with Gasteiger partial charge in [-0.25, -0.2) is 0 Å². The Bertz CT molecular complexity index is 596. The van der Waals surface area contributed by atoms with E-state index in [4.69, 9.17) is 0 Å². The van der Waals surface area contributed by atoms with Crippen LogP contribution in [0.1, 0.15) is 25.4 Å². The van der Waals surface area contributed by atoms with Gasteiger partial charge in [-0.2, -0.15) is 0 Å². The van der Waals surface area contributed by atoms with Crippen molar-refractivity contribution in [3.8, 4) is 0 Å². The number of hydrogen-bond donors (Lipinski definition) is 0. The summed E-state index contributed by atoms with van der Waals surface area (Å²) in [5, 5.41) is 0.878. The Morgan fingerprint density at radius 2 is 2.25 bits per heavy atom. The summed E-state index contributed by atoms with van der Waals surface area (Å²) in [4.78, 5) is 16.6. The van der Waals surface area contributed by atoms with Crippen LogP contribution in [0.25, 0.3) is 9.65 Å². The van der Waals surface area contributed by atoms with Gasteiger partial charge in [0.1, 0.15) is 0 Å². The Morgan fingerprint density at radius 1 is 1.38 bits per heavy atom. The van der Waals surface area contributed by atoms with Crippen LogP contribution in [0.15, 0.2) is 34.1 Å². The first-order valence-electron chi connectivity index (χ1n) is 5.48. The van der Waals surface area contributed by atoms with E-state index in [1.54, 1.807) is 0 Å². The van der Waals surface area contributed by atoms with Crippen LogP contribution in [-0.2, 0) is 0 Å². The van der Waals surface area contributed by atoms with Gasteiger partial charge >= 0.3 is 99.2 Å². The van der Waals surface area contributed by atoms with E-state index in [1.807, 2.05) is 28.0 Å². The molecular formula is C12H12N2OSe. The number of fused-ring (bicyclic) bond motifs is 1. The summed E-state index contributed by atoms with van der Waals surface area (Å²) < 4.78 is 3.15. The molecule has 3 nitrogen and oxygen atoms in total. The predicted octanol–water partition coefficient (Wildman–Crippen LogP) is 1.81. The zero-order valence-electron chi connectivity index (χ0n) is 8.80. The van der Waals surface area contributed by atoms with Crippen LogP contribution in [0.5, 0.6) is 0 Å². The molecule has 0 saturated heterocycles. The van der Waals surface area contributed by atoms with Gasteiger partial charge in [-0.1, -0.05) is 0 Å². The number of benzene rings is 1. The molecule has 0 spiro atoms. The average molecular weight is 279 g/mol. The second-order valence-electron chi connectivity index (χ2n) is 3.96. The van der Waals surface area contributed by atoms with E-state index in [2.05, 4.69) is 11.1 Å². The summed E-state index contributed by atoms with van der Waals surface area (Å²) in [6.07, 6.45) is 5.26. The van der Waals surface area contributed by atoms with Crippen molar-refractivity contribution < 1.29 is 0 Å². The third-order valence-electron chi connectivity index (χ3n) is 2.86. The monoisotopic (exact) mass is 280 g/mol. The van der Waals surface area contributed by atoms with Crippen LogP contribution >= 0.6 is 0 Å². The Labute approximate surface area is 99.4 Å². The Morgan fingerprint density at radius 3 is 3.00 bits per heavy atom. The van der Waals surface area contributed by atoms with Gasteiger partial charge in [0.25, 0.3) is 0 Å². The zero-order valence-corrected chi connectivity index (χ0v) is 10.5. The van der Waals surface area contributed by atoms with Crippen molar-refractivity contribution in [3.05, 3.63) is 34.6 Å². The topological polar surface area (TPSA) is 34.4 Å². The van der Waals surface area contributed by atoms with E-state index >= 15 is 0 Å². The Balaban J connectivity index is 2.17. The normalized spacial score (nSPS) is 20.4. The van der Waals surface area contributed by atoms with Crippen molar-refractivity contribution in [2.75, 3.05) is 0 Å². The van der Waals surface area contributed by atoms with Gasteiger partial charge in [-0.3, -0.25) is 0 Å². The third kappa shape index (κ3) is 1.58. The molecule has 0 saturated carbocycles. The number of rotatable bonds is 1. The molecule has 1 aromatic carbocycles. The summed E-state index contributed by atoms with van der Waals surface area (Å²) in [5.74, 6) is 0. The molecule has 1 unspecified atom stereocenters. The van der Waals surface area contributed by atoms with E-state index in [0.29, 0.717) is 0 Å². The first kappa shape index (κ1) is 10.1. The van der Waals surface area contributed by atoms with Crippen molar-refractivity contribution in [2.24, 2.45) is 4.99 Å². The van der Waals surface area contributed by atoms with Crippen LogP contribution in [0.3, 0.4) is 0 Å². The summed E-state index contributed by atoms with van der Waals surface area (Å²) >= 11 is 0.118. The number of aliphatic imine (C=N–C) groups is 1. The van der Waals surface area contributed by atoms with Crippen molar-refractivity contribution in [3.63, 3.8) is 0 Å². The molecule has 0 fully saturated rings. The van der Waals surface area contributed by atoms with Crippen LogP contribution in [-0.4, -0.2) is 24.5 Å². The van der Waals surface area contributed by atoms with Crippen LogP contribution in [0, 0.1) is 0 Å². The van der Waals surface area contributed by atoms with E-state index in [0.717, 1.165) is 24.6 Å². The molecule has 2 aromatic rings. The zero-order chi connectivity index (χ0) is 11.0. The third-order valence-corrected chi connectivity index (χ3v) is 5.29. The van der Waals surface area contributed by atoms with Crippen molar-refractivity contribution in [2.45, 2.75) is 25.4 Å². The van der Waals surface area contributed by atoms with E-state index in [1.165, 1.54) is 4.26 Å². The molecule has 0 radical (unpaired) electrons. The van der Waals surface area contributed by atoms with Gasteiger partial charge in [0, 0.05) is 0 Å². The van der Waals surface area contributed by atoms with Gasteiger partial charge in [0.2, 0.25) is 0 Å². The Kier molecular flexibility index (Phi) is 2.54. The molecule has 1 aromatic heterocycles. The quantitative estimate of drug-likeness (QED) is 0.733. The second kappa shape index (κ2) is 4.04. The molecule has 16 heavy (non-hydrogen) atoms. The van der Waals surface area contributed by atoms with Gasteiger partial charge in [0.15, 0.2) is 0 Å². The molecule has 2 heterocycles. The maximum absolute atomic E-state index is 12.2. The molecule has 4 heteroatoms. The molecule has 1 aliphatic rings. The SMILES string of the molecule is O=c1c2ccccc2[se]n1C1CCCC=N1. The van der Waals surface area contributed by atoms with Gasteiger partial charge < -0.3 is 0 Å². The number of aromatic nitrogens is 1. The predicted molar refractivity (Wildman–Crippen MR) is 66.5 cm³/mol. The molecule has 0 N–H and O–H groups in total. The first-order valence-corrected chi connectivity index (χ1v) is 7.11. The molecule has 3 rings (SSSR count). The van der Waals surface area contributed by atoms with Crippen molar-refractivity contribution in [1.82, 2.24) is 3.56 Å². The van der Waals surface area contributed by atoms with E-state index in [9.17, 15) is 4.79 Å². The van der Waals surface area contributed by atoms with E-state index < -0.39 is 0 Å². The van der Waals surface area contributed by atoms with Gasteiger partial charge in [0.05, 0.1) is 0 Å². The van der Waals surface area contributed by atoms with Crippen molar-refractivity contribution in [1.29, 1.82) is 0 Å². The van der Waals surface area contributed by atoms with Crippen LogP contribution in [0.2, 0.25) is 0 Å². The van der Waals surface area contributed by atoms with Gasteiger partial charge in [-0.15, -0.1) is 0 Å². The average Bonchev–Trinajstić information content (AvgIpc) is 2.69. The minimum atomic E-state index is 0.0913. The van der Waals surface area contributed by atoms with Crippen LogP contribution < -0.4 is 5.56 Å². The summed E-state index contributed by atoms with van der Waals surface area (Å²) in [6, 6.07) is 7.91. The fourth-order valence-corrected chi connectivity index (χ4v) is 4.27. The number of nitrogens with zero attached hydrogens (tertiary/aromatic N) is 2. The summed E-state index contributed by atoms with van der Waals surface area (Å²) in [6.45, 7) is 0. The van der Waals surface area contributed by atoms with Crippen molar-refractivity contribution >= 4 is 30.6 Å². The van der Waals surface area contributed by atoms with Crippen LogP contribution in [0.4, 0.5) is 0 Å².